The number of alkyl halides is 3. The molecule has 0 bridgehead atoms. The fraction of sp³-hybridized carbons (Fsp3) is 0.333. The van der Waals surface area contributed by atoms with Crippen LogP contribution < -0.4 is 10.5 Å². The fourth-order valence-electron chi connectivity index (χ4n) is 3.48. The highest BCUT2D eigenvalue weighted by atomic mass is 19.4. The van der Waals surface area contributed by atoms with Crippen LogP contribution in [0.1, 0.15) is 49.6 Å². The highest BCUT2D eigenvalue weighted by Gasteiger charge is 2.55. The first-order chi connectivity index (χ1) is 14.6. The third kappa shape index (κ3) is 3.97. The monoisotopic (exact) mass is 431 g/mol. The van der Waals surface area contributed by atoms with Crippen LogP contribution >= 0.6 is 0 Å². The molecular formula is C21H20F3N5O2. The Labute approximate surface area is 175 Å². The minimum absolute atomic E-state index is 0.0912. The van der Waals surface area contributed by atoms with Crippen molar-refractivity contribution in [3.8, 4) is 5.75 Å². The number of benzene rings is 1. The number of carbonyl (C=O) groups is 1. The molecule has 2 N–H and O–H groups in total. The number of aliphatic imine (C=N–C) groups is 1. The van der Waals surface area contributed by atoms with E-state index in [1.54, 1.807) is 0 Å². The number of ether oxygens (including phenoxy) is 1. The maximum Gasteiger partial charge on any atom is 0.573 e. The van der Waals surface area contributed by atoms with Crippen LogP contribution in [0, 0.1) is 0 Å². The Balaban J connectivity index is 1.60. The van der Waals surface area contributed by atoms with E-state index in [4.69, 9.17) is 5.73 Å². The molecule has 1 aliphatic carbocycles. The number of hydrogen-bond donors (Lipinski definition) is 1. The Morgan fingerprint density at radius 1 is 1.19 bits per heavy atom. The van der Waals surface area contributed by atoms with E-state index in [1.807, 2.05) is 22.7 Å². The summed E-state index contributed by atoms with van der Waals surface area (Å²) >= 11 is 0. The van der Waals surface area contributed by atoms with E-state index in [0.717, 1.165) is 17.7 Å². The van der Waals surface area contributed by atoms with Gasteiger partial charge in [-0.25, -0.2) is 0 Å². The zero-order valence-electron chi connectivity index (χ0n) is 16.8. The van der Waals surface area contributed by atoms with Crippen LogP contribution in [0.2, 0.25) is 0 Å². The highest BCUT2D eigenvalue weighted by Crippen LogP contribution is 2.48. The maximum absolute atomic E-state index is 13.0. The zero-order valence-corrected chi connectivity index (χ0v) is 16.8. The maximum atomic E-state index is 13.0. The largest absolute Gasteiger partial charge is 0.573 e. The molecule has 0 spiro atoms. The van der Waals surface area contributed by atoms with Gasteiger partial charge in [-0.3, -0.25) is 9.20 Å². The van der Waals surface area contributed by atoms with Gasteiger partial charge in [-0.2, -0.15) is 4.99 Å². The summed E-state index contributed by atoms with van der Waals surface area (Å²) in [5.74, 6) is -0.175. The van der Waals surface area contributed by atoms with Crippen LogP contribution in [0.4, 0.5) is 13.2 Å². The van der Waals surface area contributed by atoms with Crippen LogP contribution in [-0.4, -0.2) is 32.7 Å². The molecule has 0 unspecified atom stereocenters. The third-order valence-electron chi connectivity index (χ3n) is 5.28. The summed E-state index contributed by atoms with van der Waals surface area (Å²) in [6.07, 6.45) is -1.84. The molecule has 0 aliphatic heterocycles. The number of nitrogens with zero attached hydrogens (tertiary/aromatic N) is 4. The van der Waals surface area contributed by atoms with Gasteiger partial charge in [0.15, 0.2) is 11.5 Å². The van der Waals surface area contributed by atoms with E-state index in [2.05, 4.69) is 33.8 Å². The van der Waals surface area contributed by atoms with Crippen molar-refractivity contribution < 1.29 is 22.7 Å². The second kappa shape index (κ2) is 7.36. The highest BCUT2D eigenvalue weighted by molar-refractivity contribution is 6.07. The van der Waals surface area contributed by atoms with Gasteiger partial charge in [-0.05, 0) is 54.7 Å². The second-order valence-electron chi connectivity index (χ2n) is 7.79. The number of amides is 1. The molecule has 1 aromatic carbocycles. The quantitative estimate of drug-likeness (QED) is 0.491. The average Bonchev–Trinajstić information content (AvgIpc) is 3.39. The Kier molecular flexibility index (Phi) is 4.95. The summed E-state index contributed by atoms with van der Waals surface area (Å²) in [6, 6.07) is 8.71. The van der Waals surface area contributed by atoms with Gasteiger partial charge in [0.05, 0.1) is 0 Å². The molecule has 1 aliphatic rings. The van der Waals surface area contributed by atoms with E-state index < -0.39 is 17.7 Å². The molecule has 3 aromatic rings. The lowest BCUT2D eigenvalue weighted by Gasteiger charge is -2.12. The summed E-state index contributed by atoms with van der Waals surface area (Å²) in [7, 11) is 0. The SMILES string of the molecule is CC(C)c1cccn2c(C3(C(=O)N=C(N)c4ccc(OC(F)(F)F)cc4)CC3)nnc12. The molecule has 0 saturated heterocycles. The van der Waals surface area contributed by atoms with Gasteiger partial charge in [0.2, 0.25) is 0 Å². The van der Waals surface area contributed by atoms with Gasteiger partial charge in [-0.1, -0.05) is 19.9 Å². The Bertz CT molecular complexity index is 1160. The van der Waals surface area contributed by atoms with E-state index in [-0.39, 0.29) is 17.5 Å². The lowest BCUT2D eigenvalue weighted by atomic mass is 10.0. The number of amidine groups is 1. The van der Waals surface area contributed by atoms with Gasteiger partial charge in [0.1, 0.15) is 17.0 Å². The van der Waals surface area contributed by atoms with Crippen molar-refractivity contribution >= 4 is 17.4 Å². The van der Waals surface area contributed by atoms with Gasteiger partial charge < -0.3 is 10.5 Å². The van der Waals surface area contributed by atoms with Crippen molar-refractivity contribution in [2.24, 2.45) is 10.7 Å². The Morgan fingerprint density at radius 2 is 1.87 bits per heavy atom. The van der Waals surface area contributed by atoms with E-state index >= 15 is 0 Å². The molecule has 0 radical (unpaired) electrons. The molecule has 7 nitrogen and oxygen atoms in total. The summed E-state index contributed by atoms with van der Waals surface area (Å²) in [5.41, 5.74) is 7.08. The summed E-state index contributed by atoms with van der Waals surface area (Å²) < 4.78 is 42.5. The number of pyridine rings is 1. The molecule has 4 rings (SSSR count). The number of hydrogen-bond acceptors (Lipinski definition) is 4. The van der Waals surface area contributed by atoms with Crippen LogP contribution in [0.3, 0.4) is 0 Å². The standard InChI is InChI=1S/C21H20F3N5O2/c1-12(2)15-4-3-11-29-17(15)27-28-18(29)20(9-10-20)19(30)26-16(25)13-5-7-14(8-6-13)31-21(22,23)24/h3-8,11-12H,9-10H2,1-2H3,(H2,25,26,30). The minimum Gasteiger partial charge on any atom is -0.406 e. The van der Waals surface area contributed by atoms with Crippen LogP contribution in [0.5, 0.6) is 5.75 Å². The molecule has 10 heteroatoms. The summed E-state index contributed by atoms with van der Waals surface area (Å²) in [5, 5.41) is 8.56. The first-order valence-corrected chi connectivity index (χ1v) is 9.70. The predicted molar refractivity (Wildman–Crippen MR) is 107 cm³/mol. The molecule has 31 heavy (non-hydrogen) atoms. The average molecular weight is 431 g/mol. The van der Waals surface area contributed by atoms with Crippen molar-refractivity contribution in [2.45, 2.75) is 44.4 Å². The van der Waals surface area contributed by atoms with Crippen LogP contribution in [-0.2, 0) is 10.2 Å². The number of fused-ring (bicyclic) bond motifs is 1. The van der Waals surface area contributed by atoms with E-state index in [1.165, 1.54) is 12.1 Å². The molecule has 162 valence electrons. The van der Waals surface area contributed by atoms with Crippen molar-refractivity contribution in [3.05, 3.63) is 59.5 Å². The molecule has 1 saturated carbocycles. The molecule has 2 heterocycles. The van der Waals surface area contributed by atoms with Crippen LogP contribution in [0.25, 0.3) is 5.65 Å². The molecule has 1 fully saturated rings. The fourth-order valence-corrected chi connectivity index (χ4v) is 3.48. The topological polar surface area (TPSA) is 94.9 Å². The minimum atomic E-state index is -4.79. The van der Waals surface area contributed by atoms with Crippen molar-refractivity contribution in [1.29, 1.82) is 0 Å². The van der Waals surface area contributed by atoms with Crippen LogP contribution in [0.15, 0.2) is 47.6 Å². The number of nitrogens with two attached hydrogens (primary N) is 1. The number of aromatic nitrogens is 3. The van der Waals surface area contributed by atoms with E-state index in [9.17, 15) is 18.0 Å². The van der Waals surface area contributed by atoms with Gasteiger partial charge in [0.25, 0.3) is 5.91 Å². The lowest BCUT2D eigenvalue weighted by molar-refractivity contribution is -0.274. The zero-order chi connectivity index (χ0) is 22.4. The summed E-state index contributed by atoms with van der Waals surface area (Å²) in [4.78, 5) is 17.0. The Morgan fingerprint density at radius 3 is 2.45 bits per heavy atom. The predicted octanol–water partition coefficient (Wildman–Crippen LogP) is 3.72. The number of halogens is 3. The molecule has 2 aromatic heterocycles. The molecule has 1 amide bonds. The number of rotatable bonds is 5. The van der Waals surface area contributed by atoms with Gasteiger partial charge >= 0.3 is 6.36 Å². The Hall–Kier alpha value is -3.43. The lowest BCUT2D eigenvalue weighted by Crippen LogP contribution is -2.25. The van der Waals surface area contributed by atoms with Gasteiger partial charge in [-0.15, -0.1) is 23.4 Å². The smallest absolute Gasteiger partial charge is 0.406 e. The van der Waals surface area contributed by atoms with Gasteiger partial charge in [0, 0.05) is 11.8 Å². The third-order valence-corrected chi connectivity index (χ3v) is 5.28. The molecule has 0 atom stereocenters. The molecular weight excluding hydrogens is 411 g/mol. The number of carbonyl (C=O) groups excluding carboxylic acids is 1. The van der Waals surface area contributed by atoms with Crippen molar-refractivity contribution in [3.63, 3.8) is 0 Å². The summed E-state index contributed by atoms with van der Waals surface area (Å²) in [6.45, 7) is 4.11. The second-order valence-corrected chi connectivity index (χ2v) is 7.79. The normalized spacial score (nSPS) is 16.0. The first-order valence-electron chi connectivity index (χ1n) is 9.70. The van der Waals surface area contributed by atoms with Crippen molar-refractivity contribution in [2.75, 3.05) is 0 Å². The first kappa shape index (κ1) is 20.8. The van der Waals surface area contributed by atoms with E-state index in [0.29, 0.717) is 29.9 Å². The van der Waals surface area contributed by atoms with Crippen molar-refractivity contribution in [1.82, 2.24) is 14.6 Å².